The van der Waals surface area contributed by atoms with Gasteiger partial charge in [-0.3, -0.25) is 4.79 Å². The van der Waals surface area contributed by atoms with Crippen molar-refractivity contribution in [2.75, 3.05) is 39.8 Å². The minimum atomic E-state index is -2.07. The van der Waals surface area contributed by atoms with Gasteiger partial charge in [0.1, 0.15) is 46.0 Å². The fourth-order valence-corrected chi connectivity index (χ4v) is 11.0. The first-order valence-electron chi connectivity index (χ1n) is 28.0. The largest absolute Gasteiger partial charge is 0.491 e. The lowest BCUT2D eigenvalue weighted by Crippen LogP contribution is -2.68. The Kier molecular flexibility index (Phi) is 20.3. The van der Waals surface area contributed by atoms with Gasteiger partial charge in [0.05, 0.1) is 43.9 Å². The number of likely N-dealkylation sites (tertiary alicyclic amines) is 1. The highest BCUT2D eigenvalue weighted by Crippen LogP contribution is 2.43. The van der Waals surface area contributed by atoms with Gasteiger partial charge in [-0.05, 0) is 154 Å². The maximum atomic E-state index is 14.7. The normalized spacial score (nSPS) is 31.2. The summed E-state index contributed by atoms with van der Waals surface area (Å²) >= 11 is 0. The molecule has 0 radical (unpaired) electrons. The second-order valence-electron chi connectivity index (χ2n) is 28.0. The molecule has 6 amide bonds. The van der Waals surface area contributed by atoms with Crippen molar-refractivity contribution in [3.05, 3.63) is 11.8 Å². The van der Waals surface area contributed by atoms with Gasteiger partial charge in [-0.25, -0.2) is 24.0 Å². The Morgan fingerprint density at radius 2 is 1.27 bits per heavy atom. The van der Waals surface area contributed by atoms with Crippen LogP contribution in [0.2, 0.25) is 0 Å². The Morgan fingerprint density at radius 3 is 1.81 bits per heavy atom. The summed E-state index contributed by atoms with van der Waals surface area (Å²) in [6.07, 6.45) is -4.71. The number of alkyl carbamates (subject to hydrolysis) is 3. The molecule has 3 heterocycles. The Balaban J connectivity index is 1.52. The maximum absolute atomic E-state index is 14.7. The first-order chi connectivity index (χ1) is 36.0. The summed E-state index contributed by atoms with van der Waals surface area (Å²) in [7, 11) is 1.54. The molecule has 452 valence electrons. The number of amides is 6. The summed E-state index contributed by atoms with van der Waals surface area (Å²) in [5.74, 6) is -1.52. The second kappa shape index (κ2) is 24.7. The number of hydrogen-bond acceptors (Lipinski definition) is 17. The van der Waals surface area contributed by atoms with E-state index >= 15 is 0 Å². The second-order valence-corrected chi connectivity index (χ2v) is 28.0. The number of β-amino-alcohol motifs (C(OH)–C–C–N with tert-alkyl or cyclic N) is 1. The number of aliphatic hydroxyl groups excluding tert-OH is 1. The molecule has 5 rings (SSSR count). The molecule has 2 saturated carbocycles. The van der Waals surface area contributed by atoms with Crippen molar-refractivity contribution in [2.24, 2.45) is 23.2 Å². The summed E-state index contributed by atoms with van der Waals surface area (Å²) in [6.45, 7) is 32.4. The fraction of sp³-hybridized carbons (Fsp3) is 0.857. The van der Waals surface area contributed by atoms with Crippen molar-refractivity contribution < 1.29 is 76.9 Å². The lowest BCUT2D eigenvalue weighted by Gasteiger charge is -2.53. The number of hydrogen-bond donors (Lipinski definition) is 7. The third-order valence-electron chi connectivity index (χ3n) is 14.3. The zero-order chi connectivity index (χ0) is 59.6. The number of likely N-dealkylation sites (N-methyl/N-ethyl adjacent to an activating group) is 1. The van der Waals surface area contributed by atoms with Crippen LogP contribution in [0.3, 0.4) is 0 Å². The highest BCUT2D eigenvalue weighted by atomic mass is 16.7. The van der Waals surface area contributed by atoms with E-state index in [2.05, 4.69) is 26.6 Å². The molecule has 79 heavy (non-hydrogen) atoms. The van der Waals surface area contributed by atoms with Crippen molar-refractivity contribution in [3.8, 4) is 0 Å². The summed E-state index contributed by atoms with van der Waals surface area (Å²) in [6, 6.07) is -3.61. The minimum absolute atomic E-state index is 0.0155. The minimum Gasteiger partial charge on any atom is -0.491 e. The number of ether oxygens (including phenoxy) is 8. The molecule has 11 atom stereocenters. The molecule has 23 nitrogen and oxygen atoms in total. The number of aliphatic hydroxyl groups is 2. The van der Waals surface area contributed by atoms with Crippen molar-refractivity contribution >= 4 is 36.4 Å². The molecule has 0 spiro atoms. The van der Waals surface area contributed by atoms with Crippen LogP contribution in [-0.2, 0) is 42.7 Å². The van der Waals surface area contributed by atoms with E-state index in [0.29, 0.717) is 18.8 Å². The maximum Gasteiger partial charge on any atom is 0.410 e. The first kappa shape index (κ1) is 65.0. The van der Waals surface area contributed by atoms with Crippen molar-refractivity contribution in [1.82, 2.24) is 36.4 Å². The molecule has 0 bridgehead atoms. The molecule has 2 aliphatic carbocycles. The number of carbonyl (C=O) groups is 6. The number of rotatable bonds is 13. The monoisotopic (exact) mass is 1120 g/mol. The first-order valence-corrected chi connectivity index (χ1v) is 28.0. The summed E-state index contributed by atoms with van der Waals surface area (Å²) in [5.41, 5.74) is -6.97. The third-order valence-corrected chi connectivity index (χ3v) is 14.3. The Labute approximate surface area is 468 Å². The van der Waals surface area contributed by atoms with Gasteiger partial charge in [0.2, 0.25) is 0 Å². The molecular formula is C56H97N7O16. The molecule has 5 aliphatic rings. The highest BCUT2D eigenvalue weighted by Gasteiger charge is 2.56. The van der Waals surface area contributed by atoms with Crippen molar-refractivity contribution in [1.29, 1.82) is 0 Å². The van der Waals surface area contributed by atoms with Gasteiger partial charge in [0, 0.05) is 43.4 Å². The lowest BCUT2D eigenvalue weighted by molar-refractivity contribution is -0.288. The van der Waals surface area contributed by atoms with Gasteiger partial charge in [0.15, 0.2) is 11.9 Å². The van der Waals surface area contributed by atoms with E-state index in [1.165, 1.54) is 16.8 Å². The van der Waals surface area contributed by atoms with Crippen LogP contribution in [0, 0.1) is 23.2 Å². The van der Waals surface area contributed by atoms with E-state index in [4.69, 9.17) is 37.9 Å². The van der Waals surface area contributed by atoms with E-state index in [9.17, 15) is 39.0 Å². The van der Waals surface area contributed by atoms with Gasteiger partial charge in [-0.15, -0.1) is 0 Å². The zero-order valence-electron chi connectivity index (χ0n) is 50.6. The third kappa shape index (κ3) is 18.9. The average Bonchev–Trinajstić information content (AvgIpc) is 3.65. The molecule has 0 aromatic carbocycles. The van der Waals surface area contributed by atoms with Gasteiger partial charge in [0.25, 0.3) is 5.91 Å². The quantitative estimate of drug-likeness (QED) is 0.101. The Hall–Kier alpha value is -4.84. The van der Waals surface area contributed by atoms with E-state index in [1.807, 2.05) is 47.6 Å². The van der Waals surface area contributed by atoms with Gasteiger partial charge in [-0.1, -0.05) is 20.8 Å². The van der Waals surface area contributed by atoms with Crippen LogP contribution in [0.15, 0.2) is 11.8 Å². The van der Waals surface area contributed by atoms with E-state index < -0.39 is 136 Å². The highest BCUT2D eigenvalue weighted by molar-refractivity contribution is 5.87. The Bertz CT molecular complexity index is 2190. The smallest absolute Gasteiger partial charge is 0.410 e. The average molecular weight is 1120 g/mol. The van der Waals surface area contributed by atoms with E-state index in [-0.39, 0.29) is 50.9 Å². The molecular weight excluding hydrogens is 1030 g/mol. The Morgan fingerprint density at radius 1 is 0.734 bits per heavy atom. The molecule has 11 unspecified atom stereocenters. The molecule has 3 aliphatic heterocycles. The van der Waals surface area contributed by atoms with Crippen LogP contribution < -0.4 is 26.6 Å². The molecule has 2 saturated heterocycles. The molecule has 4 fully saturated rings. The summed E-state index contributed by atoms with van der Waals surface area (Å²) in [5, 5.41) is 40.0. The molecule has 23 heteroatoms. The van der Waals surface area contributed by atoms with Crippen LogP contribution in [0.5, 0.6) is 0 Å². The van der Waals surface area contributed by atoms with Crippen LogP contribution in [0.1, 0.15) is 157 Å². The molecule has 0 aromatic rings. The number of nitrogens with zero attached hydrogens (tertiary/aromatic N) is 2. The van der Waals surface area contributed by atoms with E-state index in [0.717, 1.165) is 12.8 Å². The summed E-state index contributed by atoms with van der Waals surface area (Å²) < 4.78 is 48.6. The predicted octanol–water partition coefficient (Wildman–Crippen LogP) is 6.22. The standard InChI is InChI=1S/C56H97N7O16/c1-31-38(41-35(60-46(67)76-51(5,6)7)21-20-34(73-41)28-57-27-32-24-33(25-32)58-45(66)75-50(2,3)4)36(61-47(68)77-52(8,9)10)26-37(59-44(65)56(71)22-23-63(29-56)49(70)79-54(14,15)16)40(31)74-43-39(64)42(55(17,18)30-72-43)62(19)48(69)78-53(11,12)13/h20,31-33,35-43,57,64,71H,21-30H2,1-19H3,(H,58,66)(H,59,65)(H,60,67)(H,61,68). The molecule has 0 aromatic heterocycles. The van der Waals surface area contributed by atoms with Crippen molar-refractivity contribution in [3.63, 3.8) is 0 Å². The SMILES string of the molecule is CC1C(OC2OCC(C)(C)C(N(C)C(=O)OC(C)(C)C)C2O)C(NC(=O)C2(O)CCN(C(=O)OC(C)(C)C)C2)CC(NC(=O)OC(C)(C)C)C1C1OC(CNCC2CC(NC(=O)OC(C)(C)C)C2)=CCC1NC(=O)OC(C)(C)C. The van der Waals surface area contributed by atoms with Crippen LogP contribution in [0.4, 0.5) is 24.0 Å². The van der Waals surface area contributed by atoms with Crippen LogP contribution in [0.25, 0.3) is 0 Å². The van der Waals surface area contributed by atoms with Gasteiger partial charge >= 0.3 is 30.5 Å². The van der Waals surface area contributed by atoms with Gasteiger partial charge < -0.3 is 84.5 Å². The fourth-order valence-electron chi connectivity index (χ4n) is 11.0. The van der Waals surface area contributed by atoms with Gasteiger partial charge in [-0.2, -0.15) is 0 Å². The molecule has 7 N–H and O–H groups in total. The van der Waals surface area contributed by atoms with E-state index in [1.54, 1.807) is 83.1 Å². The topological polar surface area (TPSA) is 283 Å². The predicted molar refractivity (Wildman–Crippen MR) is 291 cm³/mol. The van der Waals surface area contributed by atoms with Crippen LogP contribution in [-0.4, -0.2) is 185 Å². The van der Waals surface area contributed by atoms with Crippen molar-refractivity contribution in [2.45, 2.75) is 245 Å². The number of nitrogens with one attached hydrogen (secondary N) is 5. The zero-order valence-corrected chi connectivity index (χ0v) is 50.6. The number of carbonyl (C=O) groups excluding carboxylic acids is 6. The lowest BCUT2D eigenvalue weighted by atomic mass is 9.67. The summed E-state index contributed by atoms with van der Waals surface area (Å²) in [4.78, 5) is 84.2. The van der Waals surface area contributed by atoms with Crippen LogP contribution >= 0.6 is 0 Å².